The number of carbonyl (C=O) groups excluding carboxylic acids is 1. The van der Waals surface area contributed by atoms with Gasteiger partial charge in [-0.3, -0.25) is 4.79 Å². The van der Waals surface area contributed by atoms with Gasteiger partial charge in [-0.2, -0.15) is 4.98 Å². The van der Waals surface area contributed by atoms with E-state index in [0.29, 0.717) is 17.6 Å². The lowest BCUT2D eigenvalue weighted by Crippen LogP contribution is -2.04. The Hall–Kier alpha value is -1.97. The number of hydrogen-bond acceptors (Lipinski definition) is 4. The molecule has 1 saturated carbocycles. The van der Waals surface area contributed by atoms with Crippen molar-refractivity contribution in [3.63, 3.8) is 0 Å². The highest BCUT2D eigenvalue weighted by Crippen LogP contribution is 2.31. The third-order valence-corrected chi connectivity index (χ3v) is 3.66. The van der Waals surface area contributed by atoms with Crippen LogP contribution < -0.4 is 0 Å². The third-order valence-electron chi connectivity index (χ3n) is 3.66. The average molecular weight is 270 g/mol. The molecule has 0 radical (unpaired) electrons. The Morgan fingerprint density at radius 2 is 2.00 bits per heavy atom. The van der Waals surface area contributed by atoms with E-state index in [0.717, 1.165) is 18.4 Å². The van der Waals surface area contributed by atoms with Crippen molar-refractivity contribution in [3.8, 4) is 11.4 Å². The van der Waals surface area contributed by atoms with E-state index in [-0.39, 0.29) is 18.1 Å². The largest absolute Gasteiger partial charge is 0.339 e. The molecule has 1 aliphatic carbocycles. The van der Waals surface area contributed by atoms with Crippen LogP contribution in [0.5, 0.6) is 0 Å². The molecule has 0 bridgehead atoms. The van der Waals surface area contributed by atoms with Crippen LogP contribution in [0.2, 0.25) is 0 Å². The summed E-state index contributed by atoms with van der Waals surface area (Å²) in [6.45, 7) is 4.32. The number of hydrogen-bond donors (Lipinski definition) is 0. The number of nitrogens with zero attached hydrogens (tertiary/aromatic N) is 2. The van der Waals surface area contributed by atoms with E-state index in [1.54, 1.807) is 0 Å². The molecular formula is C16H18N2O2. The maximum Gasteiger partial charge on any atom is 0.234 e. The normalized spacial score (nSPS) is 14.8. The zero-order valence-corrected chi connectivity index (χ0v) is 11.8. The zero-order chi connectivity index (χ0) is 14.1. The fourth-order valence-corrected chi connectivity index (χ4v) is 2.16. The minimum atomic E-state index is 0.218. The highest BCUT2D eigenvalue weighted by atomic mass is 16.5. The molecule has 3 rings (SSSR count). The quantitative estimate of drug-likeness (QED) is 0.835. The van der Waals surface area contributed by atoms with Gasteiger partial charge in [0, 0.05) is 11.5 Å². The molecule has 0 N–H and O–H groups in total. The molecule has 1 aromatic heterocycles. The minimum Gasteiger partial charge on any atom is -0.339 e. The third kappa shape index (κ3) is 2.79. The Morgan fingerprint density at radius 1 is 1.30 bits per heavy atom. The summed E-state index contributed by atoms with van der Waals surface area (Å²) in [6, 6.07) is 8.14. The fourth-order valence-electron chi connectivity index (χ4n) is 2.16. The van der Waals surface area contributed by atoms with Crippen molar-refractivity contribution < 1.29 is 9.32 Å². The summed E-state index contributed by atoms with van der Waals surface area (Å²) in [5.74, 6) is 1.93. The monoisotopic (exact) mass is 270 g/mol. The number of carbonyl (C=O) groups is 1. The summed E-state index contributed by atoms with van der Waals surface area (Å²) in [6.07, 6.45) is 2.29. The van der Waals surface area contributed by atoms with Crippen LogP contribution in [0.4, 0.5) is 0 Å². The molecule has 0 amide bonds. The smallest absolute Gasteiger partial charge is 0.234 e. The van der Waals surface area contributed by atoms with Crippen molar-refractivity contribution in [2.75, 3.05) is 0 Å². The summed E-state index contributed by atoms with van der Waals surface area (Å²) in [5, 5.41) is 3.96. The number of aromatic nitrogens is 2. The molecule has 0 aliphatic heterocycles. The van der Waals surface area contributed by atoms with Gasteiger partial charge in [-0.15, -0.1) is 0 Å². The Labute approximate surface area is 118 Å². The van der Waals surface area contributed by atoms with Gasteiger partial charge in [-0.25, -0.2) is 0 Å². The van der Waals surface area contributed by atoms with Crippen LogP contribution in [-0.4, -0.2) is 15.9 Å². The highest BCUT2D eigenvalue weighted by Gasteiger charge is 2.30. The Bertz CT molecular complexity index is 610. The van der Waals surface area contributed by atoms with E-state index in [9.17, 15) is 4.79 Å². The average Bonchev–Trinajstić information content (AvgIpc) is 3.20. The molecule has 1 aliphatic rings. The molecule has 0 saturated heterocycles. The van der Waals surface area contributed by atoms with E-state index < -0.39 is 0 Å². The predicted molar refractivity (Wildman–Crippen MR) is 75.3 cm³/mol. The number of ketones is 1. The molecular weight excluding hydrogens is 252 g/mol. The molecule has 4 nitrogen and oxygen atoms in total. The lowest BCUT2D eigenvalue weighted by Gasteiger charge is -2.04. The van der Waals surface area contributed by atoms with Gasteiger partial charge in [0.2, 0.25) is 11.7 Å². The van der Waals surface area contributed by atoms with E-state index in [1.165, 1.54) is 5.56 Å². The van der Waals surface area contributed by atoms with Crippen LogP contribution >= 0.6 is 0 Å². The highest BCUT2D eigenvalue weighted by molar-refractivity contribution is 5.84. The first-order chi connectivity index (χ1) is 9.63. The lowest BCUT2D eigenvalue weighted by molar-refractivity contribution is -0.119. The number of rotatable bonds is 5. The van der Waals surface area contributed by atoms with Crippen LogP contribution in [-0.2, 0) is 11.2 Å². The molecule has 2 aromatic rings. The molecule has 4 heteroatoms. The van der Waals surface area contributed by atoms with Gasteiger partial charge in [-0.05, 0) is 24.3 Å². The number of Topliss-reactive ketones (excluding diaryl/α,β-unsaturated/α-hetero) is 1. The molecule has 1 heterocycles. The van der Waals surface area contributed by atoms with Crippen LogP contribution in [0.3, 0.4) is 0 Å². The van der Waals surface area contributed by atoms with E-state index >= 15 is 0 Å². The molecule has 1 aromatic carbocycles. The van der Waals surface area contributed by atoms with E-state index in [4.69, 9.17) is 4.52 Å². The van der Waals surface area contributed by atoms with E-state index in [2.05, 4.69) is 36.1 Å². The maximum absolute atomic E-state index is 11.7. The Morgan fingerprint density at radius 3 is 2.60 bits per heavy atom. The summed E-state index contributed by atoms with van der Waals surface area (Å²) >= 11 is 0. The van der Waals surface area contributed by atoms with Crippen LogP contribution in [0, 0.1) is 5.92 Å². The second-order valence-electron chi connectivity index (χ2n) is 5.71. The maximum atomic E-state index is 11.7. The summed E-state index contributed by atoms with van der Waals surface area (Å²) in [5.41, 5.74) is 2.20. The van der Waals surface area contributed by atoms with Crippen molar-refractivity contribution >= 4 is 5.78 Å². The molecule has 20 heavy (non-hydrogen) atoms. The van der Waals surface area contributed by atoms with Crippen LogP contribution in [0.1, 0.15) is 44.1 Å². The number of benzene rings is 1. The predicted octanol–water partition coefficient (Wildman–Crippen LogP) is 3.38. The zero-order valence-electron chi connectivity index (χ0n) is 11.8. The second kappa shape index (κ2) is 5.19. The van der Waals surface area contributed by atoms with Gasteiger partial charge in [0.05, 0.1) is 6.42 Å². The first-order valence-corrected chi connectivity index (χ1v) is 7.09. The molecule has 0 atom stereocenters. The summed E-state index contributed by atoms with van der Waals surface area (Å²) in [4.78, 5) is 16.0. The van der Waals surface area contributed by atoms with Crippen LogP contribution in [0.25, 0.3) is 11.4 Å². The fraction of sp³-hybridized carbons (Fsp3) is 0.438. The van der Waals surface area contributed by atoms with E-state index in [1.807, 2.05) is 12.1 Å². The minimum absolute atomic E-state index is 0.218. The molecule has 104 valence electrons. The SMILES string of the molecule is CC(C)c1ccc(-c2noc(CC(=O)C3CC3)n2)cc1. The Balaban J connectivity index is 1.73. The molecule has 1 fully saturated rings. The second-order valence-corrected chi connectivity index (χ2v) is 5.71. The van der Waals surface area contributed by atoms with Crippen molar-refractivity contribution in [2.24, 2.45) is 5.92 Å². The summed E-state index contributed by atoms with van der Waals surface area (Å²) < 4.78 is 5.16. The van der Waals surface area contributed by atoms with Crippen molar-refractivity contribution in [3.05, 3.63) is 35.7 Å². The summed E-state index contributed by atoms with van der Waals surface area (Å²) in [7, 11) is 0. The lowest BCUT2D eigenvalue weighted by atomic mass is 10.0. The molecule has 0 spiro atoms. The standard InChI is InChI=1S/C16H18N2O2/c1-10(2)11-3-7-13(8-4-11)16-17-15(20-18-16)9-14(19)12-5-6-12/h3-4,7-8,10,12H,5-6,9H2,1-2H3. The van der Waals surface area contributed by atoms with Crippen molar-refractivity contribution in [1.82, 2.24) is 10.1 Å². The topological polar surface area (TPSA) is 56.0 Å². The first kappa shape index (κ1) is 13.0. The van der Waals surface area contributed by atoms with Gasteiger partial charge in [-0.1, -0.05) is 43.3 Å². The van der Waals surface area contributed by atoms with Gasteiger partial charge >= 0.3 is 0 Å². The van der Waals surface area contributed by atoms with Crippen molar-refractivity contribution in [2.45, 2.75) is 39.0 Å². The van der Waals surface area contributed by atoms with Gasteiger partial charge in [0.1, 0.15) is 5.78 Å². The Kier molecular flexibility index (Phi) is 3.38. The first-order valence-electron chi connectivity index (χ1n) is 7.09. The van der Waals surface area contributed by atoms with Gasteiger partial charge in [0.25, 0.3) is 0 Å². The van der Waals surface area contributed by atoms with Gasteiger partial charge < -0.3 is 4.52 Å². The van der Waals surface area contributed by atoms with Crippen molar-refractivity contribution in [1.29, 1.82) is 0 Å². The molecule has 0 unspecified atom stereocenters. The van der Waals surface area contributed by atoms with Gasteiger partial charge in [0.15, 0.2) is 0 Å². The van der Waals surface area contributed by atoms with Crippen LogP contribution in [0.15, 0.2) is 28.8 Å².